The van der Waals surface area contributed by atoms with E-state index in [4.69, 9.17) is 4.42 Å². The number of hydrogen-bond donors (Lipinski definition) is 1. The van der Waals surface area contributed by atoms with Crippen LogP contribution in [-0.4, -0.2) is 0 Å². The third-order valence-corrected chi connectivity index (χ3v) is 2.15. The molecule has 0 saturated heterocycles. The molecule has 0 bridgehead atoms. The Balaban J connectivity index is 1.81. The van der Waals surface area contributed by atoms with Crippen molar-refractivity contribution in [3.8, 4) is 0 Å². The first-order valence-electron chi connectivity index (χ1n) is 4.81. The molecular formula is C12H12FNO. The fourth-order valence-electron chi connectivity index (χ4n) is 1.35. The van der Waals surface area contributed by atoms with Crippen LogP contribution in [0.25, 0.3) is 0 Å². The first kappa shape index (κ1) is 9.93. The Hall–Kier alpha value is -1.61. The molecule has 0 fully saturated rings. The summed E-state index contributed by atoms with van der Waals surface area (Å²) in [5, 5.41) is 3.24. The molecule has 15 heavy (non-hydrogen) atoms. The van der Waals surface area contributed by atoms with Crippen molar-refractivity contribution >= 4 is 0 Å². The zero-order valence-corrected chi connectivity index (χ0v) is 8.24. The molecule has 2 aromatic rings. The molecule has 0 spiro atoms. The van der Waals surface area contributed by atoms with Crippen molar-refractivity contribution in [2.24, 2.45) is 0 Å². The predicted octanol–water partition coefficient (Wildman–Crippen LogP) is 2.71. The minimum absolute atomic E-state index is 0.200. The molecule has 0 aliphatic heterocycles. The molecule has 0 saturated carbocycles. The molecular weight excluding hydrogens is 193 g/mol. The number of rotatable bonds is 4. The van der Waals surface area contributed by atoms with Gasteiger partial charge in [-0.15, -0.1) is 0 Å². The molecule has 0 amide bonds. The van der Waals surface area contributed by atoms with Crippen LogP contribution in [0.2, 0.25) is 0 Å². The normalized spacial score (nSPS) is 10.5. The lowest BCUT2D eigenvalue weighted by molar-refractivity contribution is 0.560. The zero-order valence-electron chi connectivity index (χ0n) is 8.24. The maximum Gasteiger partial charge on any atom is 0.123 e. The van der Waals surface area contributed by atoms with E-state index in [0.29, 0.717) is 0 Å². The quantitative estimate of drug-likeness (QED) is 0.830. The van der Waals surface area contributed by atoms with Gasteiger partial charge in [-0.2, -0.15) is 0 Å². The van der Waals surface area contributed by atoms with Gasteiger partial charge in [0.25, 0.3) is 0 Å². The summed E-state index contributed by atoms with van der Waals surface area (Å²) in [5.74, 6) is -0.200. The highest BCUT2D eigenvalue weighted by Crippen LogP contribution is 2.03. The summed E-state index contributed by atoms with van der Waals surface area (Å²) in [6, 6.07) is 8.40. The van der Waals surface area contributed by atoms with Gasteiger partial charge in [0, 0.05) is 18.7 Å². The van der Waals surface area contributed by atoms with Crippen molar-refractivity contribution < 1.29 is 8.81 Å². The van der Waals surface area contributed by atoms with Crippen LogP contribution >= 0.6 is 0 Å². The van der Waals surface area contributed by atoms with Gasteiger partial charge in [-0.25, -0.2) is 4.39 Å². The summed E-state index contributed by atoms with van der Waals surface area (Å²) in [5.41, 5.74) is 2.18. The Morgan fingerprint density at radius 2 is 1.73 bits per heavy atom. The predicted molar refractivity (Wildman–Crippen MR) is 55.7 cm³/mol. The maximum atomic E-state index is 12.6. The lowest BCUT2D eigenvalue weighted by Gasteiger charge is -2.02. The second-order valence-electron chi connectivity index (χ2n) is 3.36. The highest BCUT2D eigenvalue weighted by Gasteiger charge is 1.95. The summed E-state index contributed by atoms with van der Waals surface area (Å²) in [6.07, 6.45) is 3.35. The second-order valence-corrected chi connectivity index (χ2v) is 3.36. The minimum atomic E-state index is -0.200. The first-order chi connectivity index (χ1) is 7.34. The van der Waals surface area contributed by atoms with Crippen LogP contribution in [-0.2, 0) is 13.1 Å². The monoisotopic (exact) mass is 205 g/mol. The molecule has 1 N–H and O–H groups in total. The lowest BCUT2D eigenvalue weighted by Crippen LogP contribution is -2.11. The van der Waals surface area contributed by atoms with E-state index in [1.807, 2.05) is 6.07 Å². The summed E-state index contributed by atoms with van der Waals surface area (Å²) in [4.78, 5) is 0. The standard InChI is InChI=1S/C12H12FNO/c13-12-3-1-10(2-4-12)7-14-8-11-5-6-15-9-11/h1-6,9,14H,7-8H2. The molecule has 1 heterocycles. The molecule has 0 radical (unpaired) electrons. The highest BCUT2D eigenvalue weighted by molar-refractivity contribution is 5.16. The molecule has 3 heteroatoms. The Morgan fingerprint density at radius 1 is 1.00 bits per heavy atom. The zero-order chi connectivity index (χ0) is 10.5. The van der Waals surface area contributed by atoms with E-state index in [0.717, 1.165) is 24.2 Å². The van der Waals surface area contributed by atoms with Crippen molar-refractivity contribution in [1.82, 2.24) is 5.32 Å². The van der Waals surface area contributed by atoms with Crippen molar-refractivity contribution in [3.63, 3.8) is 0 Å². The highest BCUT2D eigenvalue weighted by atomic mass is 19.1. The average Bonchev–Trinajstić information content (AvgIpc) is 2.74. The van der Waals surface area contributed by atoms with Crippen molar-refractivity contribution in [2.45, 2.75) is 13.1 Å². The van der Waals surface area contributed by atoms with Gasteiger partial charge < -0.3 is 9.73 Å². The molecule has 0 aliphatic rings. The third-order valence-electron chi connectivity index (χ3n) is 2.15. The maximum absolute atomic E-state index is 12.6. The average molecular weight is 205 g/mol. The topological polar surface area (TPSA) is 25.2 Å². The molecule has 1 aromatic heterocycles. The van der Waals surface area contributed by atoms with E-state index in [1.54, 1.807) is 24.7 Å². The van der Waals surface area contributed by atoms with Crippen LogP contribution < -0.4 is 5.32 Å². The van der Waals surface area contributed by atoms with Crippen LogP contribution in [0.15, 0.2) is 47.3 Å². The van der Waals surface area contributed by atoms with E-state index in [9.17, 15) is 4.39 Å². The number of nitrogens with one attached hydrogen (secondary N) is 1. The Labute approximate surface area is 87.7 Å². The minimum Gasteiger partial charge on any atom is -0.472 e. The van der Waals surface area contributed by atoms with E-state index < -0.39 is 0 Å². The fraction of sp³-hybridized carbons (Fsp3) is 0.167. The summed E-state index contributed by atoms with van der Waals surface area (Å²) >= 11 is 0. The number of hydrogen-bond acceptors (Lipinski definition) is 2. The van der Waals surface area contributed by atoms with E-state index in [1.165, 1.54) is 12.1 Å². The third kappa shape index (κ3) is 2.92. The molecule has 2 nitrogen and oxygen atoms in total. The van der Waals surface area contributed by atoms with Gasteiger partial charge in [0.1, 0.15) is 5.82 Å². The summed E-state index contributed by atoms with van der Waals surface area (Å²) in [6.45, 7) is 1.49. The summed E-state index contributed by atoms with van der Waals surface area (Å²) < 4.78 is 17.5. The van der Waals surface area contributed by atoms with Crippen LogP contribution in [0.4, 0.5) is 4.39 Å². The Kier molecular flexibility index (Phi) is 3.15. The van der Waals surface area contributed by atoms with Gasteiger partial charge in [0.2, 0.25) is 0 Å². The summed E-state index contributed by atoms with van der Waals surface area (Å²) in [7, 11) is 0. The van der Waals surface area contributed by atoms with Crippen molar-refractivity contribution in [3.05, 3.63) is 59.8 Å². The Morgan fingerprint density at radius 3 is 2.40 bits per heavy atom. The van der Waals surface area contributed by atoms with Crippen molar-refractivity contribution in [2.75, 3.05) is 0 Å². The smallest absolute Gasteiger partial charge is 0.123 e. The van der Waals surface area contributed by atoms with Crippen LogP contribution in [0, 0.1) is 5.82 Å². The number of furan rings is 1. The SMILES string of the molecule is Fc1ccc(CNCc2ccoc2)cc1. The van der Waals surface area contributed by atoms with Gasteiger partial charge >= 0.3 is 0 Å². The Bertz CT molecular complexity index is 394. The molecule has 0 atom stereocenters. The van der Waals surface area contributed by atoms with Gasteiger partial charge in [-0.3, -0.25) is 0 Å². The van der Waals surface area contributed by atoms with Crippen molar-refractivity contribution in [1.29, 1.82) is 0 Å². The number of benzene rings is 1. The van der Waals surface area contributed by atoms with Crippen LogP contribution in [0.5, 0.6) is 0 Å². The van der Waals surface area contributed by atoms with Gasteiger partial charge in [0.05, 0.1) is 12.5 Å². The van der Waals surface area contributed by atoms with Crippen LogP contribution in [0.3, 0.4) is 0 Å². The second kappa shape index (κ2) is 4.75. The molecule has 1 aromatic carbocycles. The van der Waals surface area contributed by atoms with Crippen LogP contribution in [0.1, 0.15) is 11.1 Å². The van der Waals surface area contributed by atoms with E-state index in [2.05, 4.69) is 5.32 Å². The largest absolute Gasteiger partial charge is 0.472 e. The lowest BCUT2D eigenvalue weighted by atomic mass is 10.2. The molecule has 0 unspecified atom stereocenters. The first-order valence-corrected chi connectivity index (χ1v) is 4.81. The van der Waals surface area contributed by atoms with E-state index >= 15 is 0 Å². The van der Waals surface area contributed by atoms with Gasteiger partial charge in [-0.1, -0.05) is 12.1 Å². The van der Waals surface area contributed by atoms with Gasteiger partial charge in [0.15, 0.2) is 0 Å². The number of halogens is 1. The van der Waals surface area contributed by atoms with E-state index in [-0.39, 0.29) is 5.82 Å². The molecule has 78 valence electrons. The molecule has 2 rings (SSSR count). The molecule has 0 aliphatic carbocycles. The fourth-order valence-corrected chi connectivity index (χ4v) is 1.35. The van der Waals surface area contributed by atoms with Gasteiger partial charge in [-0.05, 0) is 23.8 Å².